The van der Waals surface area contributed by atoms with E-state index in [0.29, 0.717) is 6.54 Å². The molecule has 1 amide bonds. The Labute approximate surface area is 124 Å². The highest BCUT2D eigenvalue weighted by atomic mass is 32.2. The van der Waals surface area contributed by atoms with Crippen LogP contribution in [0.4, 0.5) is 0 Å². The molecular formula is C12H20N4O4S. The highest BCUT2D eigenvalue weighted by Crippen LogP contribution is 2.16. The zero-order valence-corrected chi connectivity index (χ0v) is 13.2. The van der Waals surface area contributed by atoms with Crippen molar-refractivity contribution in [1.29, 1.82) is 0 Å². The predicted octanol–water partition coefficient (Wildman–Crippen LogP) is -0.868. The monoisotopic (exact) mass is 316 g/mol. The fraction of sp³-hybridized carbons (Fsp3) is 0.667. The van der Waals surface area contributed by atoms with E-state index in [1.165, 1.54) is 15.5 Å². The Morgan fingerprint density at radius 3 is 2.81 bits per heavy atom. The standard InChI is InChI=1S/C12H20N4O4S/c1-14(2)12(17)9-20-11-7-15(21(3,18)19)6-10-4-5-13-16(10)8-11/h4-5,11H,6-9H2,1-3H3. The van der Waals surface area contributed by atoms with Crippen LogP contribution < -0.4 is 0 Å². The van der Waals surface area contributed by atoms with Crippen molar-refractivity contribution in [3.8, 4) is 0 Å². The molecular weight excluding hydrogens is 296 g/mol. The third-order valence-corrected chi connectivity index (χ3v) is 4.55. The predicted molar refractivity (Wildman–Crippen MR) is 75.9 cm³/mol. The summed E-state index contributed by atoms with van der Waals surface area (Å²) in [5.41, 5.74) is 0.811. The number of carbonyl (C=O) groups is 1. The SMILES string of the molecule is CN(C)C(=O)COC1CN(S(C)(=O)=O)Cc2ccnn2C1. The topological polar surface area (TPSA) is 84.7 Å². The van der Waals surface area contributed by atoms with E-state index in [-0.39, 0.29) is 25.6 Å². The van der Waals surface area contributed by atoms with Crippen molar-refractivity contribution < 1.29 is 17.9 Å². The number of likely N-dealkylation sites (N-methyl/N-ethyl adjacent to an activating group) is 1. The van der Waals surface area contributed by atoms with Gasteiger partial charge in [-0.05, 0) is 6.07 Å². The number of rotatable bonds is 4. The lowest BCUT2D eigenvalue weighted by Gasteiger charge is -2.22. The Balaban J connectivity index is 2.13. The number of aromatic nitrogens is 2. The first-order chi connectivity index (χ1) is 9.77. The largest absolute Gasteiger partial charge is 0.365 e. The van der Waals surface area contributed by atoms with Crippen molar-refractivity contribution in [2.24, 2.45) is 0 Å². The lowest BCUT2D eigenvalue weighted by Crippen LogP contribution is -2.38. The van der Waals surface area contributed by atoms with Crippen LogP contribution >= 0.6 is 0 Å². The highest BCUT2D eigenvalue weighted by molar-refractivity contribution is 7.88. The maximum Gasteiger partial charge on any atom is 0.248 e. The summed E-state index contributed by atoms with van der Waals surface area (Å²) in [7, 11) is -0.0487. The molecule has 1 atom stereocenters. The van der Waals surface area contributed by atoms with Crippen LogP contribution in [0.5, 0.6) is 0 Å². The van der Waals surface area contributed by atoms with Crippen LogP contribution in [0.3, 0.4) is 0 Å². The van der Waals surface area contributed by atoms with Gasteiger partial charge < -0.3 is 9.64 Å². The summed E-state index contributed by atoms with van der Waals surface area (Å²) in [6, 6.07) is 1.78. The molecule has 0 saturated carbocycles. The van der Waals surface area contributed by atoms with Gasteiger partial charge in [-0.3, -0.25) is 9.48 Å². The molecule has 0 aromatic carbocycles. The van der Waals surface area contributed by atoms with Gasteiger partial charge in [0.25, 0.3) is 0 Å². The van der Waals surface area contributed by atoms with Crippen LogP contribution in [0.2, 0.25) is 0 Å². The molecule has 1 unspecified atom stereocenters. The van der Waals surface area contributed by atoms with Crippen molar-refractivity contribution in [2.75, 3.05) is 33.5 Å². The van der Waals surface area contributed by atoms with Crippen LogP contribution in [0, 0.1) is 0 Å². The van der Waals surface area contributed by atoms with Crippen molar-refractivity contribution in [3.05, 3.63) is 18.0 Å². The third kappa shape index (κ3) is 4.02. The molecule has 9 heteroatoms. The summed E-state index contributed by atoms with van der Waals surface area (Å²) in [6.45, 7) is 0.824. The molecule has 0 spiro atoms. The zero-order valence-electron chi connectivity index (χ0n) is 12.4. The van der Waals surface area contributed by atoms with Gasteiger partial charge in [0.05, 0.1) is 31.1 Å². The first kappa shape index (κ1) is 15.9. The van der Waals surface area contributed by atoms with Gasteiger partial charge >= 0.3 is 0 Å². The quantitative estimate of drug-likeness (QED) is 0.721. The summed E-state index contributed by atoms with van der Waals surface area (Å²) in [5.74, 6) is -0.161. The average Bonchev–Trinajstić information content (AvgIpc) is 2.72. The van der Waals surface area contributed by atoms with E-state index in [1.807, 2.05) is 0 Å². The molecule has 8 nitrogen and oxygen atoms in total. The van der Waals surface area contributed by atoms with Crippen molar-refractivity contribution in [2.45, 2.75) is 19.2 Å². The van der Waals surface area contributed by atoms with Gasteiger partial charge in [-0.15, -0.1) is 0 Å². The van der Waals surface area contributed by atoms with Gasteiger partial charge in [0.1, 0.15) is 6.61 Å². The Morgan fingerprint density at radius 1 is 1.48 bits per heavy atom. The number of amides is 1. The number of carbonyl (C=O) groups excluding carboxylic acids is 1. The summed E-state index contributed by atoms with van der Waals surface area (Å²) < 4.78 is 32.3. The Hall–Kier alpha value is -1.45. The van der Waals surface area contributed by atoms with E-state index in [1.54, 1.807) is 31.0 Å². The molecule has 1 aromatic heterocycles. The van der Waals surface area contributed by atoms with E-state index in [0.717, 1.165) is 5.69 Å². The molecule has 1 aliphatic heterocycles. The minimum atomic E-state index is -3.34. The maximum absolute atomic E-state index is 11.8. The van der Waals surface area contributed by atoms with Gasteiger partial charge in [-0.2, -0.15) is 9.40 Å². The van der Waals surface area contributed by atoms with Crippen molar-refractivity contribution >= 4 is 15.9 Å². The summed E-state index contributed by atoms with van der Waals surface area (Å²) >= 11 is 0. The molecule has 1 aliphatic rings. The van der Waals surface area contributed by atoms with Crippen LogP contribution in [-0.4, -0.2) is 72.9 Å². The second-order valence-electron chi connectivity index (χ2n) is 5.28. The smallest absolute Gasteiger partial charge is 0.248 e. The number of ether oxygens (including phenoxy) is 1. The zero-order chi connectivity index (χ0) is 15.6. The lowest BCUT2D eigenvalue weighted by molar-refractivity contribution is -0.136. The maximum atomic E-state index is 11.8. The van der Waals surface area contributed by atoms with Gasteiger partial charge in [0.15, 0.2) is 0 Å². The second-order valence-corrected chi connectivity index (χ2v) is 7.26. The first-order valence-corrected chi connectivity index (χ1v) is 8.40. The first-order valence-electron chi connectivity index (χ1n) is 6.55. The molecule has 0 saturated heterocycles. The van der Waals surface area contributed by atoms with Gasteiger partial charge in [0.2, 0.25) is 15.9 Å². The van der Waals surface area contributed by atoms with Crippen molar-refractivity contribution in [3.63, 3.8) is 0 Å². The Bertz CT molecular complexity index is 611. The fourth-order valence-corrected chi connectivity index (χ4v) is 2.86. The molecule has 0 radical (unpaired) electrons. The summed E-state index contributed by atoms with van der Waals surface area (Å²) in [5, 5.41) is 4.17. The van der Waals surface area contributed by atoms with E-state index in [2.05, 4.69) is 5.10 Å². The molecule has 21 heavy (non-hydrogen) atoms. The van der Waals surface area contributed by atoms with Gasteiger partial charge in [-0.1, -0.05) is 0 Å². The Kier molecular flexibility index (Phi) is 4.64. The minimum Gasteiger partial charge on any atom is -0.365 e. The fourth-order valence-electron chi connectivity index (χ4n) is 2.06. The molecule has 2 rings (SSSR count). The van der Waals surface area contributed by atoms with E-state index >= 15 is 0 Å². The van der Waals surface area contributed by atoms with E-state index < -0.39 is 16.1 Å². The number of fused-ring (bicyclic) bond motifs is 1. The molecule has 2 heterocycles. The molecule has 0 N–H and O–H groups in total. The minimum absolute atomic E-state index is 0.0775. The number of hydrogen-bond acceptors (Lipinski definition) is 5. The molecule has 0 bridgehead atoms. The van der Waals surface area contributed by atoms with E-state index in [9.17, 15) is 13.2 Å². The van der Waals surface area contributed by atoms with Crippen LogP contribution in [0.25, 0.3) is 0 Å². The second kappa shape index (κ2) is 6.12. The van der Waals surface area contributed by atoms with Crippen LogP contribution in [0.1, 0.15) is 5.69 Å². The highest BCUT2D eigenvalue weighted by Gasteiger charge is 2.28. The lowest BCUT2D eigenvalue weighted by atomic mass is 10.3. The number of sulfonamides is 1. The number of hydrogen-bond donors (Lipinski definition) is 0. The molecule has 0 fully saturated rings. The van der Waals surface area contributed by atoms with Crippen LogP contribution in [0.15, 0.2) is 12.3 Å². The summed E-state index contributed by atoms with van der Waals surface area (Å²) in [6.07, 6.45) is 2.38. The van der Waals surface area contributed by atoms with Crippen molar-refractivity contribution in [1.82, 2.24) is 19.0 Å². The third-order valence-electron chi connectivity index (χ3n) is 3.34. The molecule has 0 aliphatic carbocycles. The average molecular weight is 316 g/mol. The summed E-state index contributed by atoms with van der Waals surface area (Å²) in [4.78, 5) is 13.0. The normalized spacial score (nSPS) is 19.9. The van der Waals surface area contributed by atoms with Crippen LogP contribution in [-0.2, 0) is 32.6 Å². The molecule has 1 aromatic rings. The van der Waals surface area contributed by atoms with Gasteiger partial charge in [0, 0.05) is 26.8 Å². The van der Waals surface area contributed by atoms with E-state index in [4.69, 9.17) is 4.74 Å². The van der Waals surface area contributed by atoms with Gasteiger partial charge in [-0.25, -0.2) is 8.42 Å². The Morgan fingerprint density at radius 2 is 2.19 bits per heavy atom. The number of nitrogens with zero attached hydrogens (tertiary/aromatic N) is 4. The molecule has 118 valence electrons.